The maximum atomic E-state index is 13.2. The zero-order valence-electron chi connectivity index (χ0n) is 32.0. The van der Waals surface area contributed by atoms with E-state index in [1.807, 2.05) is 0 Å². The molecule has 30 heteroatoms. The van der Waals surface area contributed by atoms with Crippen LogP contribution in [0.25, 0.3) is 44.6 Å². The van der Waals surface area contributed by atoms with Gasteiger partial charge in [0.25, 0.3) is 5.91 Å². The highest BCUT2D eigenvalue weighted by molar-refractivity contribution is 7.70. The number of benzene rings is 3. The number of phenolic OH excluding ortho intramolecular Hbond substituents is 1. The fraction of sp³-hybridized carbons (Fsp3) is 0.206. The number of ether oxygens (including phenoxy) is 2. The number of carbonyl (C=O) groups excluding carboxylic acids is 2. The van der Waals surface area contributed by atoms with Gasteiger partial charge in [-0.25, -0.2) is 38.2 Å². The molecule has 2 aliphatic heterocycles. The molecule has 0 radical (unpaired) electrons. The van der Waals surface area contributed by atoms with Crippen molar-refractivity contribution in [2.75, 3.05) is 25.4 Å². The largest absolute Gasteiger partial charge is 0.508 e. The van der Waals surface area contributed by atoms with Crippen molar-refractivity contribution in [1.29, 1.82) is 0 Å². The second-order valence-electron chi connectivity index (χ2n) is 13.6. The third kappa shape index (κ3) is 10.1. The summed E-state index contributed by atoms with van der Waals surface area (Å²) in [5.41, 5.74) is 6.25. The SMILES string of the molecule is Nc1ncnc2c1ncn2[C@@H]1O[C@H](COP(=O)(O)OP(=O)(O)NP(=O)(O)O)[C@@H](O)[C@H]1OC(=O)NCCNC(=O)c1ccc(-c2c3ccc(=O)cc-3oc3cc(O)ccc23)c(C(=O)O)c1. The third-order valence-electron chi connectivity index (χ3n) is 9.23. The average molecular weight is 951 g/mol. The molecule has 64 heavy (non-hydrogen) atoms. The van der Waals surface area contributed by atoms with Crippen LogP contribution in [0, 0.1) is 0 Å². The summed E-state index contributed by atoms with van der Waals surface area (Å²) in [6.07, 6.45) is -5.78. The number of hydrogen-bond donors (Lipinski definition) is 11. The molecule has 2 amide bonds. The molecule has 12 N–H and O–H groups in total. The molecule has 2 unspecified atom stereocenters. The number of nitrogens with two attached hydrogens (primary N) is 1. The number of carboxylic acids is 1. The number of aromatic carboxylic acids is 1. The van der Waals surface area contributed by atoms with Crippen molar-refractivity contribution in [3.8, 4) is 28.2 Å². The number of amides is 2. The second kappa shape index (κ2) is 17.8. The number of phosphoric acid groups is 1. The Morgan fingerprint density at radius 3 is 2.39 bits per heavy atom. The number of fused-ring (bicyclic) bond motifs is 3. The summed E-state index contributed by atoms with van der Waals surface area (Å²) >= 11 is 0. The van der Waals surface area contributed by atoms with E-state index in [1.165, 1.54) is 48.5 Å². The van der Waals surface area contributed by atoms with Crippen LogP contribution in [0.3, 0.4) is 0 Å². The first-order chi connectivity index (χ1) is 30.1. The Hall–Kier alpha value is -6.18. The van der Waals surface area contributed by atoms with Crippen LogP contribution < -0.4 is 26.7 Å². The van der Waals surface area contributed by atoms with Crippen LogP contribution in [0.15, 0.2) is 76.5 Å². The van der Waals surface area contributed by atoms with E-state index in [0.29, 0.717) is 16.5 Å². The number of aliphatic hydroxyl groups excluding tert-OH is 1. The minimum atomic E-state index is -5.64. The van der Waals surface area contributed by atoms with E-state index in [4.69, 9.17) is 29.4 Å². The zero-order valence-corrected chi connectivity index (χ0v) is 34.7. The number of aromatic hydroxyl groups is 1. The van der Waals surface area contributed by atoms with Crippen LogP contribution in [-0.4, -0.2) is 110 Å². The molecule has 1 aliphatic carbocycles. The summed E-state index contributed by atoms with van der Waals surface area (Å²) in [6, 6.07) is 12.0. The van der Waals surface area contributed by atoms with Gasteiger partial charge in [-0.05, 0) is 42.0 Å². The summed E-state index contributed by atoms with van der Waals surface area (Å²) in [7, 11) is -16.7. The van der Waals surface area contributed by atoms with E-state index >= 15 is 0 Å². The van der Waals surface area contributed by atoms with Gasteiger partial charge in [-0.2, -0.15) is 4.31 Å². The number of nitrogen functional groups attached to an aromatic ring is 1. The predicted octanol–water partition coefficient (Wildman–Crippen LogP) is 1.39. The van der Waals surface area contributed by atoms with E-state index in [1.54, 1.807) is 0 Å². The first kappa shape index (κ1) is 45.8. The van der Waals surface area contributed by atoms with Crippen molar-refractivity contribution >= 4 is 69.2 Å². The Bertz CT molecular complexity index is 3000. The molecule has 1 fully saturated rings. The summed E-state index contributed by atoms with van der Waals surface area (Å²) < 4.78 is 62.2. The molecule has 4 aromatic rings. The number of phosphoric ester groups is 1. The average Bonchev–Trinajstić information content (AvgIpc) is 3.77. The molecule has 3 aliphatic rings. The molecule has 0 saturated carbocycles. The second-order valence-corrected chi connectivity index (χ2v) is 18.4. The topological polar surface area (TPSA) is 417 Å². The molecule has 2 aromatic heterocycles. The minimum absolute atomic E-state index is 0.0158. The Labute approximate surface area is 356 Å². The lowest BCUT2D eigenvalue weighted by Gasteiger charge is -2.22. The summed E-state index contributed by atoms with van der Waals surface area (Å²) in [5.74, 6) is -2.24. The summed E-state index contributed by atoms with van der Waals surface area (Å²) in [6.45, 7) is -1.66. The molecule has 7 rings (SSSR count). The fourth-order valence-corrected chi connectivity index (χ4v) is 10.0. The van der Waals surface area contributed by atoms with Gasteiger partial charge in [-0.3, -0.25) is 18.7 Å². The van der Waals surface area contributed by atoms with Gasteiger partial charge >= 0.3 is 35.4 Å². The number of aromatic nitrogens is 4. The predicted molar refractivity (Wildman–Crippen MR) is 215 cm³/mol. The van der Waals surface area contributed by atoms with E-state index in [2.05, 4.69) is 34.4 Å². The standard InChI is InChI=1S/C34H33N8O19P3/c35-29-26-30(39-13-38-29)42(14-40-26)32-28(27(45)24(59-32)12-57-64(55,56)61-63(53,54)41-62(50,51)52)60-34(49)37-8-7-36-31(46)15-1-4-18(21(9-15)33(47)48)25-19-5-2-16(43)10-22(19)58-23-11-17(44)3-6-20(23)25/h1-6,9-11,13-14,24,27-28,32,43,45H,7-8,12H2,(H,36,46)(H,37,49)(H,47,48)(H,55,56)(H2,35,38,39)(H4,41,50,51,52,53,54)/t24-,27-,28-,32-/m1/s1. The fourth-order valence-electron chi connectivity index (χ4n) is 6.61. The van der Waals surface area contributed by atoms with E-state index in [9.17, 15) is 58.0 Å². The lowest BCUT2D eigenvalue weighted by atomic mass is 9.90. The van der Waals surface area contributed by atoms with Crippen LogP contribution in [-0.2, 0) is 32.0 Å². The van der Waals surface area contributed by atoms with Crippen LogP contribution in [0.2, 0.25) is 0 Å². The molecular weight excluding hydrogens is 917 g/mol. The van der Waals surface area contributed by atoms with Gasteiger partial charge in [-0.15, -0.1) is 4.86 Å². The highest BCUT2D eigenvalue weighted by Crippen LogP contribution is 2.61. The lowest BCUT2D eigenvalue weighted by molar-refractivity contribution is -0.0521. The van der Waals surface area contributed by atoms with E-state index < -0.39 is 72.4 Å². The Balaban J connectivity index is 1.03. The molecule has 0 bridgehead atoms. The van der Waals surface area contributed by atoms with Crippen LogP contribution in [0.4, 0.5) is 10.6 Å². The highest BCUT2D eigenvalue weighted by atomic mass is 31.3. The highest BCUT2D eigenvalue weighted by Gasteiger charge is 2.49. The van der Waals surface area contributed by atoms with Gasteiger partial charge in [0.05, 0.1) is 18.5 Å². The van der Waals surface area contributed by atoms with Crippen molar-refractivity contribution in [3.63, 3.8) is 0 Å². The number of nitrogens with zero attached hydrogens (tertiary/aromatic N) is 4. The number of carbonyl (C=O) groups is 3. The maximum absolute atomic E-state index is 13.2. The normalized spacial score (nSPS) is 19.6. The van der Waals surface area contributed by atoms with E-state index in [0.717, 1.165) is 28.1 Å². The monoisotopic (exact) mass is 950 g/mol. The number of anilines is 1. The molecule has 4 heterocycles. The van der Waals surface area contributed by atoms with Crippen molar-refractivity contribution < 1.29 is 85.7 Å². The Morgan fingerprint density at radius 1 is 0.922 bits per heavy atom. The van der Waals surface area contributed by atoms with Gasteiger partial charge in [0.1, 0.15) is 41.1 Å². The number of aliphatic hydroxyl groups is 1. The molecule has 27 nitrogen and oxygen atoms in total. The molecule has 6 atom stereocenters. The Morgan fingerprint density at radius 2 is 1.66 bits per heavy atom. The van der Waals surface area contributed by atoms with E-state index in [-0.39, 0.29) is 69.3 Å². The number of rotatable bonds is 15. The quantitative estimate of drug-likeness (QED) is 0.0393. The lowest BCUT2D eigenvalue weighted by Crippen LogP contribution is -2.41. The molecular formula is C34H33N8O19P3. The van der Waals surface area contributed by atoms with Gasteiger partial charge in [0, 0.05) is 47.3 Å². The van der Waals surface area contributed by atoms with Crippen LogP contribution in [0.5, 0.6) is 5.75 Å². The van der Waals surface area contributed by atoms with Gasteiger partial charge < -0.3 is 65.2 Å². The maximum Gasteiger partial charge on any atom is 0.480 e. The Kier molecular flexibility index (Phi) is 12.7. The number of hydrogen-bond acceptors (Lipinski definition) is 18. The van der Waals surface area contributed by atoms with Crippen molar-refractivity contribution in [2.24, 2.45) is 0 Å². The van der Waals surface area contributed by atoms with Crippen molar-refractivity contribution in [2.45, 2.75) is 24.5 Å². The first-order valence-electron chi connectivity index (χ1n) is 18.0. The minimum Gasteiger partial charge on any atom is -0.508 e. The zero-order chi connectivity index (χ0) is 46.3. The number of nitrogens with one attached hydrogen (secondary N) is 3. The smallest absolute Gasteiger partial charge is 0.480 e. The summed E-state index contributed by atoms with van der Waals surface area (Å²) in [5, 5.41) is 36.7. The van der Waals surface area contributed by atoms with Crippen LogP contribution >= 0.6 is 23.3 Å². The first-order valence-corrected chi connectivity index (χ1v) is 22.7. The number of alkyl carbamates (subject to hydrolysis) is 1. The molecule has 0 spiro atoms. The number of phenols is 1. The third-order valence-corrected chi connectivity index (χ3v) is 13.5. The number of imidazole rings is 1. The number of carboxylic acid groups (broad SMARTS) is 1. The summed E-state index contributed by atoms with van der Waals surface area (Å²) in [4.78, 5) is 101. The van der Waals surface area contributed by atoms with Crippen LogP contribution in [0.1, 0.15) is 26.9 Å². The molecule has 2 aromatic carbocycles. The van der Waals surface area contributed by atoms with Gasteiger partial charge in [-0.1, -0.05) is 6.07 Å². The molecule has 1 saturated heterocycles. The van der Waals surface area contributed by atoms with Crippen molar-refractivity contribution in [1.82, 2.24) is 35.0 Å². The van der Waals surface area contributed by atoms with Gasteiger partial charge in [0.15, 0.2) is 29.2 Å². The van der Waals surface area contributed by atoms with Crippen molar-refractivity contribution in [3.05, 3.63) is 88.6 Å². The van der Waals surface area contributed by atoms with Gasteiger partial charge in [0.2, 0.25) is 0 Å². The molecule has 338 valence electrons.